The number of allylic oxidation sites excluding steroid dienone is 9. The van der Waals surface area contributed by atoms with Gasteiger partial charge < -0.3 is 20.6 Å². The number of hydrogen-bond donors (Lipinski definition) is 4. The maximum atomic E-state index is 12.4. The van der Waals surface area contributed by atoms with Gasteiger partial charge in [0.2, 0.25) is 5.91 Å². The molecule has 0 heterocycles. The first-order chi connectivity index (χ1) is 27.1. The van der Waals surface area contributed by atoms with Crippen molar-refractivity contribution in [3.05, 3.63) is 60.8 Å². The van der Waals surface area contributed by atoms with Gasteiger partial charge in [-0.05, 0) is 70.6 Å². The van der Waals surface area contributed by atoms with Crippen LogP contribution < -0.4 is 5.32 Å². The third-order valence-corrected chi connectivity index (χ3v) is 10.5. The molecular weight excluding hydrogens is 679 g/mol. The lowest BCUT2D eigenvalue weighted by Gasteiger charge is -2.21. The van der Waals surface area contributed by atoms with Crippen molar-refractivity contribution in [3.63, 3.8) is 0 Å². The molecule has 1 amide bonds. The number of hydrogen-bond acceptors (Lipinski definition) is 4. The molecule has 0 bridgehead atoms. The van der Waals surface area contributed by atoms with Gasteiger partial charge >= 0.3 is 0 Å². The zero-order valence-electron chi connectivity index (χ0n) is 36.3. The molecule has 3 unspecified atom stereocenters. The molecule has 0 aliphatic rings. The molecule has 320 valence electrons. The van der Waals surface area contributed by atoms with Gasteiger partial charge in [0.1, 0.15) is 6.10 Å². The predicted molar refractivity (Wildman–Crippen MR) is 240 cm³/mol. The van der Waals surface area contributed by atoms with Crippen molar-refractivity contribution in [1.29, 1.82) is 0 Å². The first kappa shape index (κ1) is 53.0. The highest BCUT2D eigenvalue weighted by molar-refractivity contribution is 5.80. The highest BCUT2D eigenvalue weighted by Gasteiger charge is 2.22. The van der Waals surface area contributed by atoms with Crippen molar-refractivity contribution in [2.75, 3.05) is 6.61 Å². The second kappa shape index (κ2) is 44.8. The molecule has 0 aromatic rings. The summed E-state index contributed by atoms with van der Waals surface area (Å²) in [6.45, 7) is 4.08. The molecule has 0 saturated carbocycles. The van der Waals surface area contributed by atoms with Gasteiger partial charge in [0, 0.05) is 0 Å². The Hall–Kier alpha value is -1.95. The zero-order chi connectivity index (χ0) is 40.1. The lowest BCUT2D eigenvalue weighted by atomic mass is 10.0. The lowest BCUT2D eigenvalue weighted by molar-refractivity contribution is -0.131. The average Bonchev–Trinajstić information content (AvgIpc) is 3.19. The molecule has 0 aliphatic carbocycles. The second-order valence-corrected chi connectivity index (χ2v) is 15.9. The van der Waals surface area contributed by atoms with Gasteiger partial charge in [-0.2, -0.15) is 0 Å². The molecule has 0 rings (SSSR count). The molecule has 0 aromatic heterocycles. The second-order valence-electron chi connectivity index (χ2n) is 15.9. The molecule has 5 heteroatoms. The lowest BCUT2D eigenvalue weighted by Crippen LogP contribution is -2.48. The van der Waals surface area contributed by atoms with Gasteiger partial charge in [0.25, 0.3) is 0 Å². The van der Waals surface area contributed by atoms with Crippen LogP contribution in [0.15, 0.2) is 60.8 Å². The van der Waals surface area contributed by atoms with Crippen molar-refractivity contribution in [3.8, 4) is 0 Å². The number of nitrogens with one attached hydrogen (secondary N) is 1. The van der Waals surface area contributed by atoms with E-state index >= 15 is 0 Å². The van der Waals surface area contributed by atoms with Crippen molar-refractivity contribution >= 4 is 5.91 Å². The zero-order valence-corrected chi connectivity index (χ0v) is 36.3. The van der Waals surface area contributed by atoms with Crippen molar-refractivity contribution < 1.29 is 20.1 Å². The maximum absolute atomic E-state index is 12.4. The average molecular weight is 770 g/mol. The molecule has 0 saturated heterocycles. The number of amides is 1. The SMILES string of the molecule is CCC/C=C/CC/C=C/CC/C=C/C(O)C(CO)NC(=O)C(O)CCCCCCCCCCCCCCCC/C=C\C/C=C\CCCCCCCCCCC. The van der Waals surface area contributed by atoms with Crippen LogP contribution in [0.1, 0.15) is 226 Å². The van der Waals surface area contributed by atoms with Crippen LogP contribution in [0.4, 0.5) is 0 Å². The Kier molecular flexibility index (Phi) is 43.2. The minimum atomic E-state index is -1.11. The first-order valence-corrected chi connectivity index (χ1v) is 23.6. The Morgan fingerprint density at radius 1 is 0.455 bits per heavy atom. The van der Waals surface area contributed by atoms with E-state index < -0.39 is 24.2 Å². The van der Waals surface area contributed by atoms with Crippen LogP contribution >= 0.6 is 0 Å². The predicted octanol–water partition coefficient (Wildman–Crippen LogP) is 13.9. The number of carbonyl (C=O) groups is 1. The van der Waals surface area contributed by atoms with E-state index in [0.29, 0.717) is 6.42 Å². The molecular formula is C50H91NO4. The van der Waals surface area contributed by atoms with Crippen LogP contribution in [0.3, 0.4) is 0 Å². The van der Waals surface area contributed by atoms with E-state index in [-0.39, 0.29) is 6.61 Å². The van der Waals surface area contributed by atoms with Gasteiger partial charge in [-0.1, -0.05) is 216 Å². The summed E-state index contributed by atoms with van der Waals surface area (Å²) in [5.41, 5.74) is 0. The molecule has 5 nitrogen and oxygen atoms in total. The number of aliphatic hydroxyl groups excluding tert-OH is 3. The summed E-state index contributed by atoms with van der Waals surface area (Å²) in [5.74, 6) is -0.521. The summed E-state index contributed by atoms with van der Waals surface area (Å²) in [6, 6.07) is -0.821. The molecule has 0 aliphatic heterocycles. The smallest absolute Gasteiger partial charge is 0.249 e. The van der Waals surface area contributed by atoms with E-state index in [2.05, 4.69) is 67.8 Å². The monoisotopic (exact) mass is 770 g/mol. The molecule has 0 fully saturated rings. The van der Waals surface area contributed by atoms with Crippen LogP contribution in [-0.2, 0) is 4.79 Å². The van der Waals surface area contributed by atoms with Crippen molar-refractivity contribution in [1.82, 2.24) is 5.32 Å². The summed E-state index contributed by atoms with van der Waals surface area (Å²) in [4.78, 5) is 12.4. The Labute approximate surface area is 341 Å². The van der Waals surface area contributed by atoms with Crippen molar-refractivity contribution in [2.24, 2.45) is 0 Å². The number of unbranched alkanes of at least 4 members (excludes halogenated alkanes) is 26. The van der Waals surface area contributed by atoms with Gasteiger partial charge in [-0.15, -0.1) is 0 Å². The van der Waals surface area contributed by atoms with Crippen molar-refractivity contribution in [2.45, 2.75) is 244 Å². The van der Waals surface area contributed by atoms with E-state index in [1.165, 1.54) is 148 Å². The maximum Gasteiger partial charge on any atom is 0.249 e. The third kappa shape index (κ3) is 40.1. The quantitative estimate of drug-likeness (QED) is 0.0368. The molecule has 0 aromatic carbocycles. The molecule has 0 radical (unpaired) electrons. The van der Waals surface area contributed by atoms with Crippen LogP contribution in [0.25, 0.3) is 0 Å². The summed E-state index contributed by atoms with van der Waals surface area (Å²) in [5, 5.41) is 33.0. The fraction of sp³-hybridized carbons (Fsp3) is 0.780. The van der Waals surface area contributed by atoms with Gasteiger partial charge in [-0.3, -0.25) is 4.79 Å². The molecule has 4 N–H and O–H groups in total. The number of aliphatic hydroxyl groups is 3. The Morgan fingerprint density at radius 3 is 1.27 bits per heavy atom. The number of carbonyl (C=O) groups excluding carboxylic acids is 1. The summed E-state index contributed by atoms with van der Waals surface area (Å²) >= 11 is 0. The summed E-state index contributed by atoms with van der Waals surface area (Å²) in [6.07, 6.45) is 60.0. The Balaban J connectivity index is 3.58. The minimum absolute atomic E-state index is 0.383. The molecule has 55 heavy (non-hydrogen) atoms. The van der Waals surface area contributed by atoms with Gasteiger partial charge in [-0.25, -0.2) is 0 Å². The topological polar surface area (TPSA) is 89.8 Å². The standard InChI is InChI=1S/C50H91NO4/c1-3-5-7-9-11-13-15-16-17-18-19-20-21-22-23-24-25-26-27-28-29-30-31-32-33-35-37-39-41-43-45-49(54)50(55)51-47(46-52)48(53)44-42-40-38-36-34-14-12-10-8-6-4-2/h8,10,19-20,22-23,34,36,42,44,47-49,52-54H,3-7,9,11-18,21,24-33,35,37-41,43,45-46H2,1-2H3,(H,51,55)/b10-8+,20-19-,23-22-,36-34+,44-42+. The first-order valence-electron chi connectivity index (χ1n) is 23.6. The number of rotatable bonds is 42. The molecule has 0 spiro atoms. The largest absolute Gasteiger partial charge is 0.394 e. The summed E-state index contributed by atoms with van der Waals surface area (Å²) < 4.78 is 0. The van der Waals surface area contributed by atoms with Crippen LogP contribution in [0.5, 0.6) is 0 Å². The highest BCUT2D eigenvalue weighted by atomic mass is 16.3. The highest BCUT2D eigenvalue weighted by Crippen LogP contribution is 2.15. The Bertz CT molecular complexity index is 938. The van der Waals surface area contributed by atoms with E-state index in [1.807, 2.05) is 6.08 Å². The van der Waals surface area contributed by atoms with Gasteiger partial charge in [0.15, 0.2) is 0 Å². The normalized spacial score (nSPS) is 14.1. The summed E-state index contributed by atoms with van der Waals surface area (Å²) in [7, 11) is 0. The van der Waals surface area contributed by atoms with Gasteiger partial charge in [0.05, 0.1) is 18.8 Å². The van der Waals surface area contributed by atoms with E-state index in [9.17, 15) is 20.1 Å². The van der Waals surface area contributed by atoms with E-state index in [0.717, 1.165) is 57.8 Å². The Morgan fingerprint density at radius 2 is 0.836 bits per heavy atom. The fourth-order valence-corrected chi connectivity index (χ4v) is 6.84. The van der Waals surface area contributed by atoms with Crippen LogP contribution in [-0.4, -0.2) is 46.1 Å². The van der Waals surface area contributed by atoms with E-state index in [1.54, 1.807) is 6.08 Å². The third-order valence-electron chi connectivity index (χ3n) is 10.5. The van der Waals surface area contributed by atoms with Crippen LogP contribution in [0, 0.1) is 0 Å². The fourth-order valence-electron chi connectivity index (χ4n) is 6.84. The van der Waals surface area contributed by atoms with Crippen LogP contribution in [0.2, 0.25) is 0 Å². The minimum Gasteiger partial charge on any atom is -0.394 e. The molecule has 3 atom stereocenters. The van der Waals surface area contributed by atoms with E-state index in [4.69, 9.17) is 0 Å².